The molecule has 2 aromatic rings. The average molecular weight is 364 g/mol. The van der Waals surface area contributed by atoms with E-state index < -0.39 is 0 Å². The third-order valence-electron chi connectivity index (χ3n) is 3.25. The van der Waals surface area contributed by atoms with E-state index in [1.54, 1.807) is 0 Å². The largest absolute Gasteiger partial charge is 0.389 e. The van der Waals surface area contributed by atoms with E-state index in [1.165, 1.54) is 0 Å². The number of pyridine rings is 1. The number of hydrogen-bond donors (Lipinski definition) is 1. The van der Waals surface area contributed by atoms with Crippen molar-refractivity contribution in [1.82, 2.24) is 4.98 Å². The normalized spacial score (nSPS) is 10.4. The zero-order chi connectivity index (χ0) is 15.4. The van der Waals surface area contributed by atoms with Gasteiger partial charge in [0.2, 0.25) is 0 Å². The fourth-order valence-corrected chi connectivity index (χ4v) is 2.75. The SMILES string of the molecule is CCN(Cc1cccc(C)n1)c1cc(Br)ccc1C(N)=S. The molecular formula is C16H18BrN3S. The maximum atomic E-state index is 5.85. The lowest BCUT2D eigenvalue weighted by atomic mass is 10.1. The van der Waals surface area contributed by atoms with E-state index in [9.17, 15) is 0 Å². The third-order valence-corrected chi connectivity index (χ3v) is 3.96. The fourth-order valence-electron chi connectivity index (χ4n) is 2.23. The van der Waals surface area contributed by atoms with Gasteiger partial charge in [-0.1, -0.05) is 34.2 Å². The van der Waals surface area contributed by atoms with Gasteiger partial charge < -0.3 is 10.6 Å². The second-order valence-electron chi connectivity index (χ2n) is 4.81. The van der Waals surface area contributed by atoms with Gasteiger partial charge in [-0.3, -0.25) is 4.98 Å². The molecule has 0 aliphatic carbocycles. The molecular weight excluding hydrogens is 346 g/mol. The van der Waals surface area contributed by atoms with Crippen LogP contribution in [0, 0.1) is 6.92 Å². The molecule has 2 N–H and O–H groups in total. The van der Waals surface area contributed by atoms with Crippen molar-refractivity contribution in [2.24, 2.45) is 5.73 Å². The molecule has 1 aromatic carbocycles. The molecule has 0 radical (unpaired) electrons. The van der Waals surface area contributed by atoms with E-state index >= 15 is 0 Å². The predicted molar refractivity (Wildman–Crippen MR) is 95.7 cm³/mol. The van der Waals surface area contributed by atoms with E-state index in [4.69, 9.17) is 18.0 Å². The molecule has 0 spiro atoms. The number of thiocarbonyl (C=S) groups is 1. The van der Waals surface area contributed by atoms with Gasteiger partial charge in [0.05, 0.1) is 12.2 Å². The van der Waals surface area contributed by atoms with Gasteiger partial charge in [-0.15, -0.1) is 0 Å². The molecule has 0 bridgehead atoms. The Morgan fingerprint density at radius 2 is 2.10 bits per heavy atom. The van der Waals surface area contributed by atoms with Crippen LogP contribution >= 0.6 is 28.1 Å². The van der Waals surface area contributed by atoms with Crippen molar-refractivity contribution in [2.45, 2.75) is 20.4 Å². The van der Waals surface area contributed by atoms with Gasteiger partial charge in [-0.2, -0.15) is 0 Å². The van der Waals surface area contributed by atoms with Crippen LogP contribution in [0.3, 0.4) is 0 Å². The molecule has 5 heteroatoms. The number of halogens is 1. The molecule has 0 aliphatic rings. The summed E-state index contributed by atoms with van der Waals surface area (Å²) >= 11 is 8.68. The van der Waals surface area contributed by atoms with Gasteiger partial charge in [-0.05, 0) is 44.2 Å². The summed E-state index contributed by atoms with van der Waals surface area (Å²) in [5, 5.41) is 0. The molecule has 21 heavy (non-hydrogen) atoms. The highest BCUT2D eigenvalue weighted by Crippen LogP contribution is 2.26. The summed E-state index contributed by atoms with van der Waals surface area (Å²) in [6.45, 7) is 5.69. The Bertz CT molecular complexity index is 658. The number of nitrogens with two attached hydrogens (primary N) is 1. The maximum absolute atomic E-state index is 5.85. The number of aryl methyl sites for hydroxylation is 1. The van der Waals surface area contributed by atoms with E-state index in [2.05, 4.69) is 32.7 Å². The van der Waals surface area contributed by atoms with E-state index in [-0.39, 0.29) is 0 Å². The van der Waals surface area contributed by atoms with Crippen molar-refractivity contribution in [2.75, 3.05) is 11.4 Å². The minimum Gasteiger partial charge on any atom is -0.389 e. The molecule has 0 unspecified atom stereocenters. The van der Waals surface area contributed by atoms with Crippen LogP contribution in [0.4, 0.5) is 5.69 Å². The quantitative estimate of drug-likeness (QED) is 0.820. The summed E-state index contributed by atoms with van der Waals surface area (Å²) in [4.78, 5) is 7.20. The van der Waals surface area contributed by atoms with Gasteiger partial charge >= 0.3 is 0 Å². The standard InChI is InChI=1S/C16H18BrN3S/c1-3-20(10-13-6-4-5-11(2)19-13)15-9-12(17)7-8-14(15)16(18)21/h4-9H,3,10H2,1-2H3,(H2,18,21). The van der Waals surface area contributed by atoms with Gasteiger partial charge in [0.25, 0.3) is 0 Å². The summed E-state index contributed by atoms with van der Waals surface area (Å²) in [5.74, 6) is 0. The first kappa shape index (κ1) is 15.9. The minimum atomic E-state index is 0.410. The van der Waals surface area contributed by atoms with Crippen molar-refractivity contribution < 1.29 is 0 Å². The number of hydrogen-bond acceptors (Lipinski definition) is 3. The molecule has 1 heterocycles. The molecule has 0 atom stereocenters. The van der Waals surface area contributed by atoms with Gasteiger partial charge in [0, 0.05) is 28.0 Å². The number of nitrogens with zero attached hydrogens (tertiary/aromatic N) is 2. The first-order valence-electron chi connectivity index (χ1n) is 6.78. The molecule has 2 rings (SSSR count). The van der Waals surface area contributed by atoms with Crippen LogP contribution in [0.25, 0.3) is 0 Å². The number of benzene rings is 1. The number of anilines is 1. The first-order valence-corrected chi connectivity index (χ1v) is 7.98. The molecule has 0 saturated carbocycles. The molecule has 0 fully saturated rings. The molecule has 110 valence electrons. The summed E-state index contributed by atoms with van der Waals surface area (Å²) in [5.41, 5.74) is 9.82. The lowest BCUT2D eigenvalue weighted by Crippen LogP contribution is -2.26. The van der Waals surface area contributed by atoms with Crippen LogP contribution in [0.15, 0.2) is 40.9 Å². The Balaban J connectivity index is 2.37. The maximum Gasteiger partial charge on any atom is 0.106 e. The summed E-state index contributed by atoms with van der Waals surface area (Å²) in [6.07, 6.45) is 0. The number of aromatic nitrogens is 1. The molecule has 0 amide bonds. The highest BCUT2D eigenvalue weighted by Gasteiger charge is 2.13. The summed E-state index contributed by atoms with van der Waals surface area (Å²) in [6, 6.07) is 12.0. The Labute approximate surface area is 139 Å². The highest BCUT2D eigenvalue weighted by molar-refractivity contribution is 9.10. The summed E-state index contributed by atoms with van der Waals surface area (Å²) < 4.78 is 1.01. The first-order chi connectivity index (χ1) is 10.0. The molecule has 3 nitrogen and oxygen atoms in total. The highest BCUT2D eigenvalue weighted by atomic mass is 79.9. The second-order valence-corrected chi connectivity index (χ2v) is 6.17. The van der Waals surface area contributed by atoms with Crippen molar-refractivity contribution in [1.29, 1.82) is 0 Å². The summed E-state index contributed by atoms with van der Waals surface area (Å²) in [7, 11) is 0. The van der Waals surface area contributed by atoms with Crippen molar-refractivity contribution >= 4 is 38.8 Å². The smallest absolute Gasteiger partial charge is 0.106 e. The van der Waals surface area contributed by atoms with Crippen LogP contribution in [0.2, 0.25) is 0 Å². The van der Waals surface area contributed by atoms with Gasteiger partial charge in [0.15, 0.2) is 0 Å². The zero-order valence-electron chi connectivity index (χ0n) is 12.1. The van der Waals surface area contributed by atoms with E-state index in [0.717, 1.165) is 40.2 Å². The van der Waals surface area contributed by atoms with Crippen LogP contribution in [-0.4, -0.2) is 16.5 Å². The van der Waals surface area contributed by atoms with E-state index in [0.29, 0.717) is 4.99 Å². The number of rotatable bonds is 5. The monoisotopic (exact) mass is 363 g/mol. The van der Waals surface area contributed by atoms with Gasteiger partial charge in [0.1, 0.15) is 4.99 Å². The molecule has 0 aliphatic heterocycles. The molecule has 1 aromatic heterocycles. The van der Waals surface area contributed by atoms with E-state index in [1.807, 2.05) is 43.3 Å². The Morgan fingerprint density at radius 1 is 1.33 bits per heavy atom. The van der Waals surface area contributed by atoms with Crippen LogP contribution in [0.5, 0.6) is 0 Å². The van der Waals surface area contributed by atoms with Gasteiger partial charge in [-0.25, -0.2) is 0 Å². The third kappa shape index (κ3) is 4.02. The predicted octanol–water partition coefficient (Wildman–Crippen LogP) is 3.81. The lowest BCUT2D eigenvalue weighted by Gasteiger charge is -2.25. The van der Waals surface area contributed by atoms with Crippen molar-refractivity contribution in [3.05, 3.63) is 57.8 Å². The van der Waals surface area contributed by atoms with Crippen molar-refractivity contribution in [3.63, 3.8) is 0 Å². The second kappa shape index (κ2) is 7.00. The van der Waals surface area contributed by atoms with Crippen LogP contribution in [-0.2, 0) is 6.54 Å². The Hall–Kier alpha value is -1.46. The fraction of sp³-hybridized carbons (Fsp3) is 0.250. The Morgan fingerprint density at radius 3 is 2.71 bits per heavy atom. The van der Waals surface area contributed by atoms with Crippen LogP contribution in [0.1, 0.15) is 23.9 Å². The zero-order valence-corrected chi connectivity index (χ0v) is 14.5. The minimum absolute atomic E-state index is 0.410. The molecule has 0 saturated heterocycles. The average Bonchev–Trinajstić information content (AvgIpc) is 2.44. The Kier molecular flexibility index (Phi) is 5.31. The van der Waals surface area contributed by atoms with Crippen molar-refractivity contribution in [3.8, 4) is 0 Å². The van der Waals surface area contributed by atoms with Crippen LogP contribution < -0.4 is 10.6 Å². The topological polar surface area (TPSA) is 42.2 Å². The lowest BCUT2D eigenvalue weighted by molar-refractivity contribution is 0.804.